The van der Waals surface area contributed by atoms with Crippen molar-refractivity contribution in [3.8, 4) is 0 Å². The number of carbonyl (C=O) groups excluding carboxylic acids is 1. The summed E-state index contributed by atoms with van der Waals surface area (Å²) in [7, 11) is -3.63. The monoisotopic (exact) mass is 426 g/mol. The second kappa shape index (κ2) is 10.7. The summed E-state index contributed by atoms with van der Waals surface area (Å²) in [5, 5.41) is 3.27. The highest BCUT2D eigenvalue weighted by molar-refractivity contribution is 7.98. The van der Waals surface area contributed by atoms with Crippen LogP contribution in [-0.4, -0.2) is 33.2 Å². The molecule has 5 nitrogen and oxygen atoms in total. The smallest absolute Gasteiger partial charge is 0.240 e. The molecule has 0 aliphatic carbocycles. The third-order valence-electron chi connectivity index (χ3n) is 3.73. The van der Waals surface area contributed by atoms with E-state index in [0.29, 0.717) is 11.6 Å². The molecule has 2 N–H and O–H groups in total. The Morgan fingerprint density at radius 3 is 2.37 bits per heavy atom. The third-order valence-corrected chi connectivity index (χ3v) is 6.49. The van der Waals surface area contributed by atoms with Gasteiger partial charge in [-0.05, 0) is 36.8 Å². The number of benzene rings is 2. The Bertz CT molecular complexity index is 838. The Morgan fingerprint density at radius 1 is 1.04 bits per heavy atom. The summed E-state index contributed by atoms with van der Waals surface area (Å²) in [5.41, 5.74) is 2.50. The van der Waals surface area contributed by atoms with E-state index in [1.807, 2.05) is 0 Å². The van der Waals surface area contributed by atoms with E-state index in [1.165, 1.54) is 35.4 Å². The fourth-order valence-electron chi connectivity index (χ4n) is 2.22. The number of aryl methyl sites for hydroxylation is 1. The molecule has 8 heteroatoms. The molecule has 27 heavy (non-hydrogen) atoms. The van der Waals surface area contributed by atoms with Crippen LogP contribution in [0.3, 0.4) is 0 Å². The van der Waals surface area contributed by atoms with Gasteiger partial charge < -0.3 is 5.32 Å². The van der Waals surface area contributed by atoms with Gasteiger partial charge in [-0.15, -0.1) is 0 Å². The summed E-state index contributed by atoms with van der Waals surface area (Å²) in [4.78, 5) is 11.9. The standard InChI is InChI=1S/C19H23ClN2O3S2/c1-15-2-4-16(5-3-15)14-26-13-12-21-19(23)10-11-22-27(24,25)18-8-6-17(20)7-9-18/h2-9,22H,10-14H2,1H3,(H,21,23). The number of rotatable bonds is 10. The van der Waals surface area contributed by atoms with Gasteiger partial charge in [-0.25, -0.2) is 13.1 Å². The van der Waals surface area contributed by atoms with E-state index in [1.54, 1.807) is 11.8 Å². The fourth-order valence-corrected chi connectivity index (χ4v) is 4.20. The first-order chi connectivity index (χ1) is 12.9. The molecule has 2 rings (SSSR count). The van der Waals surface area contributed by atoms with Crippen LogP contribution in [0.1, 0.15) is 17.5 Å². The van der Waals surface area contributed by atoms with Gasteiger partial charge >= 0.3 is 0 Å². The quantitative estimate of drug-likeness (QED) is 0.571. The van der Waals surface area contributed by atoms with E-state index in [9.17, 15) is 13.2 Å². The minimum atomic E-state index is -3.63. The molecule has 0 saturated carbocycles. The summed E-state index contributed by atoms with van der Waals surface area (Å²) >= 11 is 7.49. The van der Waals surface area contributed by atoms with Crippen molar-refractivity contribution in [2.75, 3.05) is 18.8 Å². The van der Waals surface area contributed by atoms with Gasteiger partial charge in [0.1, 0.15) is 0 Å². The van der Waals surface area contributed by atoms with Crippen LogP contribution in [0.2, 0.25) is 5.02 Å². The second-order valence-corrected chi connectivity index (χ2v) is 9.30. The van der Waals surface area contributed by atoms with Crippen LogP contribution < -0.4 is 10.0 Å². The van der Waals surface area contributed by atoms with Crippen molar-refractivity contribution in [3.05, 3.63) is 64.7 Å². The highest BCUT2D eigenvalue weighted by atomic mass is 35.5. The normalized spacial score (nSPS) is 11.3. The predicted octanol–water partition coefficient (Wildman–Crippen LogP) is 3.37. The molecule has 0 aliphatic rings. The highest BCUT2D eigenvalue weighted by Gasteiger charge is 2.13. The van der Waals surface area contributed by atoms with Crippen LogP contribution >= 0.6 is 23.4 Å². The lowest BCUT2D eigenvalue weighted by molar-refractivity contribution is -0.120. The molecule has 146 valence electrons. The zero-order chi connectivity index (χ0) is 19.7. The zero-order valence-corrected chi connectivity index (χ0v) is 17.5. The van der Waals surface area contributed by atoms with Crippen molar-refractivity contribution in [2.45, 2.75) is 24.0 Å². The lowest BCUT2D eigenvalue weighted by Crippen LogP contribution is -2.31. The van der Waals surface area contributed by atoms with E-state index in [0.717, 1.165) is 11.5 Å². The van der Waals surface area contributed by atoms with Crippen LogP contribution in [0.25, 0.3) is 0 Å². The van der Waals surface area contributed by atoms with Crippen molar-refractivity contribution in [1.82, 2.24) is 10.0 Å². The van der Waals surface area contributed by atoms with E-state index in [4.69, 9.17) is 11.6 Å². The first kappa shape index (κ1) is 21.8. The average molecular weight is 427 g/mol. The van der Waals surface area contributed by atoms with E-state index < -0.39 is 10.0 Å². The molecule has 2 aromatic rings. The molecule has 0 saturated heterocycles. The van der Waals surface area contributed by atoms with E-state index in [2.05, 4.69) is 41.2 Å². The third kappa shape index (κ3) is 7.92. The Morgan fingerprint density at radius 2 is 1.70 bits per heavy atom. The highest BCUT2D eigenvalue weighted by Crippen LogP contribution is 2.14. The predicted molar refractivity (Wildman–Crippen MR) is 112 cm³/mol. The molecular formula is C19H23ClN2O3S2. The lowest BCUT2D eigenvalue weighted by Gasteiger charge is -2.08. The molecule has 0 aliphatic heterocycles. The van der Waals surface area contributed by atoms with Crippen LogP contribution in [0.4, 0.5) is 0 Å². The molecule has 0 atom stereocenters. The Labute approximate surface area is 169 Å². The second-order valence-electron chi connectivity index (χ2n) is 5.99. The van der Waals surface area contributed by atoms with Crippen molar-refractivity contribution in [2.24, 2.45) is 0 Å². The van der Waals surface area contributed by atoms with Gasteiger partial charge in [-0.2, -0.15) is 11.8 Å². The molecule has 0 unspecified atom stereocenters. The minimum Gasteiger partial charge on any atom is -0.355 e. The largest absolute Gasteiger partial charge is 0.355 e. The van der Waals surface area contributed by atoms with Gasteiger partial charge in [0.2, 0.25) is 15.9 Å². The summed E-state index contributed by atoms with van der Waals surface area (Å²) < 4.78 is 26.6. The molecule has 0 fully saturated rings. The molecule has 0 heterocycles. The average Bonchev–Trinajstić information content (AvgIpc) is 2.63. The molecule has 0 spiro atoms. The Balaban J connectivity index is 1.60. The zero-order valence-electron chi connectivity index (χ0n) is 15.1. The number of amides is 1. The molecule has 0 bridgehead atoms. The molecule has 0 aromatic heterocycles. The van der Waals surface area contributed by atoms with Crippen LogP contribution in [0.5, 0.6) is 0 Å². The lowest BCUT2D eigenvalue weighted by atomic mass is 10.2. The SMILES string of the molecule is Cc1ccc(CSCCNC(=O)CCNS(=O)(=O)c2ccc(Cl)cc2)cc1. The summed E-state index contributed by atoms with van der Waals surface area (Å²) in [6.07, 6.45) is 0.0927. The Hall–Kier alpha value is -1.54. The number of hydrogen-bond donors (Lipinski definition) is 2. The first-order valence-corrected chi connectivity index (χ1v) is 11.5. The van der Waals surface area contributed by atoms with Crippen molar-refractivity contribution < 1.29 is 13.2 Å². The number of hydrogen-bond acceptors (Lipinski definition) is 4. The number of nitrogens with one attached hydrogen (secondary N) is 2. The molecule has 0 radical (unpaired) electrons. The number of carbonyl (C=O) groups is 1. The van der Waals surface area contributed by atoms with E-state index in [-0.39, 0.29) is 23.8 Å². The fraction of sp³-hybridized carbons (Fsp3) is 0.316. The van der Waals surface area contributed by atoms with Crippen LogP contribution in [0, 0.1) is 6.92 Å². The Kier molecular flexibility index (Phi) is 8.63. The van der Waals surface area contributed by atoms with Gasteiger partial charge in [0.05, 0.1) is 4.90 Å². The van der Waals surface area contributed by atoms with Gasteiger partial charge in [-0.3, -0.25) is 4.79 Å². The summed E-state index contributed by atoms with van der Waals surface area (Å²) in [6.45, 7) is 2.66. The maximum absolute atomic E-state index is 12.1. The minimum absolute atomic E-state index is 0.0489. The summed E-state index contributed by atoms with van der Waals surface area (Å²) in [6, 6.07) is 14.3. The molecular weight excluding hydrogens is 404 g/mol. The van der Waals surface area contributed by atoms with Gasteiger partial charge in [0.15, 0.2) is 0 Å². The molecule has 1 amide bonds. The van der Waals surface area contributed by atoms with E-state index >= 15 is 0 Å². The number of thioether (sulfide) groups is 1. The summed E-state index contributed by atoms with van der Waals surface area (Å²) in [5.74, 6) is 1.53. The number of halogens is 1. The maximum Gasteiger partial charge on any atom is 0.240 e. The molecule has 2 aromatic carbocycles. The number of sulfonamides is 1. The van der Waals surface area contributed by atoms with Crippen molar-refractivity contribution in [1.29, 1.82) is 0 Å². The van der Waals surface area contributed by atoms with Gasteiger partial charge in [0, 0.05) is 36.0 Å². The first-order valence-electron chi connectivity index (χ1n) is 8.52. The maximum atomic E-state index is 12.1. The van der Waals surface area contributed by atoms with Gasteiger partial charge in [-0.1, -0.05) is 41.4 Å². The van der Waals surface area contributed by atoms with Crippen LogP contribution in [0.15, 0.2) is 53.4 Å². The van der Waals surface area contributed by atoms with Gasteiger partial charge in [0.25, 0.3) is 0 Å². The van der Waals surface area contributed by atoms with Crippen LogP contribution in [-0.2, 0) is 20.6 Å². The topological polar surface area (TPSA) is 75.3 Å². The van der Waals surface area contributed by atoms with Crippen molar-refractivity contribution >= 4 is 39.3 Å². The van der Waals surface area contributed by atoms with Crippen molar-refractivity contribution in [3.63, 3.8) is 0 Å².